The van der Waals surface area contributed by atoms with E-state index < -0.39 is 0 Å². The van der Waals surface area contributed by atoms with Crippen molar-refractivity contribution < 1.29 is 4.74 Å². The second-order valence-electron chi connectivity index (χ2n) is 5.77. The third-order valence-electron chi connectivity index (χ3n) is 4.17. The van der Waals surface area contributed by atoms with Gasteiger partial charge in [0.15, 0.2) is 0 Å². The summed E-state index contributed by atoms with van der Waals surface area (Å²) in [5, 5.41) is 3.62. The fraction of sp³-hybridized carbons (Fsp3) is 0.333. The molecule has 0 atom stereocenters. The van der Waals surface area contributed by atoms with Gasteiger partial charge < -0.3 is 10.1 Å². The van der Waals surface area contributed by atoms with Crippen LogP contribution in [0.2, 0.25) is 0 Å². The largest absolute Gasteiger partial charge is 0.495 e. The van der Waals surface area contributed by atoms with Gasteiger partial charge >= 0.3 is 0 Å². The monoisotopic (exact) mass is 345 g/mol. The van der Waals surface area contributed by atoms with Crippen LogP contribution < -0.4 is 10.1 Å². The fourth-order valence-corrected chi connectivity index (χ4v) is 3.34. The lowest BCUT2D eigenvalue weighted by molar-refractivity contribution is 0.370. The lowest BCUT2D eigenvalue weighted by Crippen LogP contribution is -2.34. The summed E-state index contributed by atoms with van der Waals surface area (Å²) in [6.07, 6.45) is 2.35. The SMILES string of the molecule is COc1ccc(C)cc1NC1CC(c2cccc(Br)c2)C1. The highest BCUT2D eigenvalue weighted by Gasteiger charge is 2.30. The first-order chi connectivity index (χ1) is 10.2. The summed E-state index contributed by atoms with van der Waals surface area (Å²) in [4.78, 5) is 0. The summed E-state index contributed by atoms with van der Waals surface area (Å²) in [6.45, 7) is 2.11. The average molecular weight is 346 g/mol. The van der Waals surface area contributed by atoms with Crippen LogP contribution in [0, 0.1) is 6.92 Å². The van der Waals surface area contributed by atoms with Crippen LogP contribution in [0.15, 0.2) is 46.9 Å². The predicted molar refractivity (Wildman–Crippen MR) is 91.3 cm³/mol. The van der Waals surface area contributed by atoms with E-state index in [0.29, 0.717) is 12.0 Å². The maximum absolute atomic E-state index is 5.43. The number of ether oxygens (including phenoxy) is 1. The fourth-order valence-electron chi connectivity index (χ4n) is 2.92. The molecule has 0 bridgehead atoms. The number of benzene rings is 2. The normalized spacial score (nSPS) is 20.7. The molecule has 2 nitrogen and oxygen atoms in total. The van der Waals surface area contributed by atoms with Gasteiger partial charge in [-0.2, -0.15) is 0 Å². The molecule has 1 N–H and O–H groups in total. The van der Waals surface area contributed by atoms with Gasteiger partial charge in [-0.1, -0.05) is 34.1 Å². The molecule has 0 radical (unpaired) electrons. The van der Waals surface area contributed by atoms with Crippen molar-refractivity contribution in [3.05, 3.63) is 58.1 Å². The highest BCUT2D eigenvalue weighted by Crippen LogP contribution is 2.40. The molecule has 21 heavy (non-hydrogen) atoms. The zero-order chi connectivity index (χ0) is 14.8. The Balaban J connectivity index is 1.64. The Morgan fingerprint density at radius 1 is 1.14 bits per heavy atom. The third-order valence-corrected chi connectivity index (χ3v) is 4.67. The first kappa shape index (κ1) is 14.5. The van der Waals surface area contributed by atoms with Gasteiger partial charge in [-0.15, -0.1) is 0 Å². The maximum atomic E-state index is 5.43. The van der Waals surface area contributed by atoms with Gasteiger partial charge in [0.2, 0.25) is 0 Å². The van der Waals surface area contributed by atoms with E-state index in [2.05, 4.69) is 64.6 Å². The van der Waals surface area contributed by atoms with Gasteiger partial charge in [0.25, 0.3) is 0 Å². The Morgan fingerprint density at radius 2 is 1.95 bits per heavy atom. The summed E-state index contributed by atoms with van der Waals surface area (Å²) in [6, 6.07) is 15.4. The molecule has 1 saturated carbocycles. The smallest absolute Gasteiger partial charge is 0.141 e. The highest BCUT2D eigenvalue weighted by molar-refractivity contribution is 9.10. The van der Waals surface area contributed by atoms with Crippen molar-refractivity contribution >= 4 is 21.6 Å². The molecular weight excluding hydrogens is 326 g/mol. The molecule has 1 fully saturated rings. The number of rotatable bonds is 4. The van der Waals surface area contributed by atoms with E-state index in [-0.39, 0.29) is 0 Å². The molecule has 3 heteroatoms. The molecule has 2 aromatic rings. The van der Waals surface area contributed by atoms with Crippen molar-refractivity contribution in [2.24, 2.45) is 0 Å². The van der Waals surface area contributed by atoms with Gasteiger partial charge in [0, 0.05) is 10.5 Å². The third kappa shape index (κ3) is 3.24. The lowest BCUT2D eigenvalue weighted by Gasteiger charge is -2.37. The van der Waals surface area contributed by atoms with Crippen molar-refractivity contribution in [3.8, 4) is 5.75 Å². The standard InChI is InChI=1S/C18H20BrNO/c1-12-6-7-18(21-2)17(8-12)20-16-10-14(11-16)13-4-3-5-15(19)9-13/h3-9,14,16,20H,10-11H2,1-2H3. The Kier molecular flexibility index (Phi) is 4.20. The Morgan fingerprint density at radius 3 is 2.67 bits per heavy atom. The minimum absolute atomic E-state index is 0.532. The molecule has 0 saturated heterocycles. The van der Waals surface area contributed by atoms with Crippen molar-refractivity contribution in [2.75, 3.05) is 12.4 Å². The Bertz CT molecular complexity index is 635. The first-order valence-corrected chi connectivity index (χ1v) is 8.11. The van der Waals surface area contributed by atoms with Crippen LogP contribution in [0.5, 0.6) is 5.75 Å². The summed E-state index contributed by atoms with van der Waals surface area (Å²) < 4.78 is 6.59. The second-order valence-corrected chi connectivity index (χ2v) is 6.68. The molecule has 0 aromatic heterocycles. The molecule has 0 aliphatic heterocycles. The zero-order valence-corrected chi connectivity index (χ0v) is 14.0. The van der Waals surface area contributed by atoms with Crippen LogP contribution in [0.3, 0.4) is 0 Å². The molecular formula is C18H20BrNO. The van der Waals surface area contributed by atoms with Crippen LogP contribution >= 0.6 is 15.9 Å². The number of methoxy groups -OCH3 is 1. The minimum Gasteiger partial charge on any atom is -0.495 e. The van der Waals surface area contributed by atoms with Gasteiger partial charge in [0.05, 0.1) is 12.8 Å². The van der Waals surface area contributed by atoms with E-state index in [9.17, 15) is 0 Å². The number of anilines is 1. The van der Waals surface area contributed by atoms with Crippen molar-refractivity contribution in [1.82, 2.24) is 0 Å². The Labute approximate surface area is 134 Å². The number of aryl methyl sites for hydroxylation is 1. The highest BCUT2D eigenvalue weighted by atomic mass is 79.9. The van der Waals surface area contributed by atoms with E-state index in [4.69, 9.17) is 4.74 Å². The maximum Gasteiger partial charge on any atom is 0.141 e. The quantitative estimate of drug-likeness (QED) is 0.829. The summed E-state index contributed by atoms with van der Waals surface area (Å²) >= 11 is 3.55. The van der Waals surface area contributed by atoms with E-state index >= 15 is 0 Å². The number of hydrogen-bond donors (Lipinski definition) is 1. The van der Waals surface area contributed by atoms with E-state index in [0.717, 1.165) is 15.9 Å². The first-order valence-electron chi connectivity index (χ1n) is 7.32. The van der Waals surface area contributed by atoms with Gasteiger partial charge in [-0.3, -0.25) is 0 Å². The van der Waals surface area contributed by atoms with E-state index in [1.54, 1.807) is 7.11 Å². The number of halogens is 1. The molecule has 3 rings (SSSR count). The summed E-state index contributed by atoms with van der Waals surface area (Å²) in [5.41, 5.74) is 3.79. The van der Waals surface area contributed by atoms with Crippen LogP contribution in [-0.2, 0) is 0 Å². The summed E-state index contributed by atoms with van der Waals surface area (Å²) in [7, 11) is 1.72. The number of hydrogen-bond acceptors (Lipinski definition) is 2. The molecule has 0 unspecified atom stereocenters. The van der Waals surface area contributed by atoms with E-state index in [1.807, 2.05) is 6.07 Å². The molecule has 2 aromatic carbocycles. The second kappa shape index (κ2) is 6.10. The predicted octanol–water partition coefficient (Wildman–Crippen LogP) is 5.12. The molecule has 1 aliphatic rings. The molecule has 1 aliphatic carbocycles. The van der Waals surface area contributed by atoms with E-state index in [1.165, 1.54) is 24.0 Å². The van der Waals surface area contributed by atoms with Crippen LogP contribution in [0.4, 0.5) is 5.69 Å². The van der Waals surface area contributed by atoms with Gasteiger partial charge in [-0.25, -0.2) is 0 Å². The van der Waals surface area contributed by atoms with Gasteiger partial charge in [-0.05, 0) is 61.1 Å². The van der Waals surface area contributed by atoms with Crippen molar-refractivity contribution in [2.45, 2.75) is 31.7 Å². The minimum atomic E-state index is 0.532. The lowest BCUT2D eigenvalue weighted by atomic mass is 9.76. The van der Waals surface area contributed by atoms with Crippen LogP contribution in [0.25, 0.3) is 0 Å². The zero-order valence-electron chi connectivity index (χ0n) is 12.4. The Hall–Kier alpha value is -1.48. The van der Waals surface area contributed by atoms with Crippen LogP contribution in [-0.4, -0.2) is 13.2 Å². The van der Waals surface area contributed by atoms with Crippen LogP contribution in [0.1, 0.15) is 29.9 Å². The average Bonchev–Trinajstić information content (AvgIpc) is 2.42. The molecule has 0 heterocycles. The molecule has 0 amide bonds. The number of nitrogens with one attached hydrogen (secondary N) is 1. The molecule has 0 spiro atoms. The topological polar surface area (TPSA) is 21.3 Å². The van der Waals surface area contributed by atoms with Crippen molar-refractivity contribution in [1.29, 1.82) is 0 Å². The molecule has 110 valence electrons. The van der Waals surface area contributed by atoms with Gasteiger partial charge in [0.1, 0.15) is 5.75 Å². The van der Waals surface area contributed by atoms with Crippen molar-refractivity contribution in [3.63, 3.8) is 0 Å². The summed E-state index contributed by atoms with van der Waals surface area (Å²) in [5.74, 6) is 1.59.